The highest BCUT2D eigenvalue weighted by atomic mass is 16.4. The summed E-state index contributed by atoms with van der Waals surface area (Å²) >= 11 is 0. The van der Waals surface area contributed by atoms with Crippen molar-refractivity contribution in [3.63, 3.8) is 0 Å². The highest BCUT2D eigenvalue weighted by molar-refractivity contribution is 5.83. The first-order chi connectivity index (χ1) is 11.5. The topological polar surface area (TPSA) is 101 Å². The Morgan fingerprint density at radius 1 is 1.21 bits per heavy atom. The van der Waals surface area contributed by atoms with E-state index in [0.29, 0.717) is 18.5 Å². The van der Waals surface area contributed by atoms with E-state index in [0.717, 1.165) is 10.2 Å². The van der Waals surface area contributed by atoms with Crippen molar-refractivity contribution in [3.8, 4) is 11.3 Å². The summed E-state index contributed by atoms with van der Waals surface area (Å²) < 4.78 is 1.03. The second-order valence-corrected chi connectivity index (χ2v) is 5.33. The van der Waals surface area contributed by atoms with Gasteiger partial charge in [-0.05, 0) is 12.5 Å². The molecule has 1 unspecified atom stereocenters. The molecule has 2 N–H and O–H groups in total. The normalized spacial score (nSPS) is 11.7. The summed E-state index contributed by atoms with van der Waals surface area (Å²) in [5, 5.41) is 15.7. The van der Waals surface area contributed by atoms with Crippen LogP contribution in [0.4, 0.5) is 0 Å². The average molecular weight is 329 g/mol. The fourth-order valence-corrected chi connectivity index (χ4v) is 2.25. The number of carboxylic acids is 1. The number of hydrogen-bond acceptors (Lipinski definition) is 4. The molecule has 1 heterocycles. The lowest BCUT2D eigenvalue weighted by molar-refractivity contribution is -0.142. The second-order valence-electron chi connectivity index (χ2n) is 5.33. The molecule has 0 saturated carbocycles. The van der Waals surface area contributed by atoms with Gasteiger partial charge in [-0.3, -0.25) is 9.59 Å². The summed E-state index contributed by atoms with van der Waals surface area (Å²) in [6.45, 7) is 1.50. The van der Waals surface area contributed by atoms with Crippen LogP contribution in [0.15, 0.2) is 47.3 Å². The second kappa shape index (κ2) is 8.05. The number of carbonyl (C=O) groups excluding carboxylic acids is 1. The van der Waals surface area contributed by atoms with Gasteiger partial charge in [-0.25, -0.2) is 9.48 Å². The van der Waals surface area contributed by atoms with Gasteiger partial charge in [0.1, 0.15) is 12.6 Å². The third-order valence-corrected chi connectivity index (χ3v) is 3.44. The maximum absolute atomic E-state index is 12.0. The Morgan fingerprint density at radius 2 is 1.92 bits per heavy atom. The third kappa shape index (κ3) is 4.52. The molecule has 126 valence electrons. The van der Waals surface area contributed by atoms with E-state index in [4.69, 9.17) is 5.11 Å². The number of nitrogens with zero attached hydrogens (tertiary/aromatic N) is 2. The molecule has 0 aliphatic heterocycles. The van der Waals surface area contributed by atoms with Crippen molar-refractivity contribution in [1.82, 2.24) is 15.1 Å². The number of rotatable bonds is 7. The van der Waals surface area contributed by atoms with Crippen molar-refractivity contribution < 1.29 is 14.7 Å². The molecular weight excluding hydrogens is 310 g/mol. The van der Waals surface area contributed by atoms with Gasteiger partial charge in [-0.15, -0.1) is 0 Å². The van der Waals surface area contributed by atoms with Crippen molar-refractivity contribution in [3.05, 3.63) is 52.8 Å². The van der Waals surface area contributed by atoms with E-state index in [1.54, 1.807) is 6.07 Å². The van der Waals surface area contributed by atoms with Crippen LogP contribution < -0.4 is 10.9 Å². The smallest absolute Gasteiger partial charge is 0.326 e. The molecule has 1 atom stereocenters. The molecule has 1 amide bonds. The number of benzene rings is 1. The van der Waals surface area contributed by atoms with Crippen molar-refractivity contribution in [2.75, 3.05) is 0 Å². The van der Waals surface area contributed by atoms with E-state index >= 15 is 0 Å². The van der Waals surface area contributed by atoms with Crippen molar-refractivity contribution >= 4 is 11.9 Å². The molecule has 1 aromatic carbocycles. The Bertz CT molecular complexity index is 771. The maximum atomic E-state index is 12.0. The highest BCUT2D eigenvalue weighted by Gasteiger charge is 2.19. The molecule has 7 heteroatoms. The standard InChI is InChI=1S/C17H19N3O4/c1-2-6-14(17(23)24)18-15(21)11-20-16(22)10-9-13(19-20)12-7-4-3-5-8-12/h3-5,7-10,14H,2,6,11H2,1H3,(H,18,21)(H,23,24). The summed E-state index contributed by atoms with van der Waals surface area (Å²) in [5.41, 5.74) is 0.958. The summed E-state index contributed by atoms with van der Waals surface area (Å²) in [6, 6.07) is 11.2. The minimum atomic E-state index is -1.09. The molecule has 2 aromatic rings. The number of nitrogens with one attached hydrogen (secondary N) is 1. The Balaban J connectivity index is 2.16. The summed E-state index contributed by atoms with van der Waals surface area (Å²) in [6.07, 6.45) is 0.951. The molecule has 7 nitrogen and oxygen atoms in total. The largest absolute Gasteiger partial charge is 0.480 e. The molecule has 2 rings (SSSR count). The Labute approximate surface area is 138 Å². The monoisotopic (exact) mass is 329 g/mol. The fourth-order valence-electron chi connectivity index (χ4n) is 2.25. The van der Waals surface area contributed by atoms with E-state index in [1.807, 2.05) is 37.3 Å². The number of aliphatic carboxylic acids is 1. The van der Waals surface area contributed by atoms with Gasteiger partial charge < -0.3 is 10.4 Å². The van der Waals surface area contributed by atoms with Gasteiger partial charge >= 0.3 is 5.97 Å². The molecule has 1 aromatic heterocycles. The minimum Gasteiger partial charge on any atom is -0.480 e. The van der Waals surface area contributed by atoms with Crippen LogP contribution in [-0.4, -0.2) is 32.8 Å². The zero-order valence-corrected chi connectivity index (χ0v) is 13.3. The number of carbonyl (C=O) groups is 2. The van der Waals surface area contributed by atoms with Crippen LogP contribution >= 0.6 is 0 Å². The molecule has 0 saturated heterocycles. The van der Waals surface area contributed by atoms with Crippen LogP contribution in [0.5, 0.6) is 0 Å². The highest BCUT2D eigenvalue weighted by Crippen LogP contribution is 2.13. The van der Waals surface area contributed by atoms with E-state index in [1.165, 1.54) is 6.07 Å². The fraction of sp³-hybridized carbons (Fsp3) is 0.294. The molecule has 0 bridgehead atoms. The number of amides is 1. The van der Waals surface area contributed by atoms with Crippen molar-refractivity contribution in [1.29, 1.82) is 0 Å². The first-order valence-corrected chi connectivity index (χ1v) is 7.67. The van der Waals surface area contributed by atoms with E-state index in [-0.39, 0.29) is 6.54 Å². The maximum Gasteiger partial charge on any atom is 0.326 e. The summed E-state index contributed by atoms with van der Waals surface area (Å²) in [7, 11) is 0. The van der Waals surface area contributed by atoms with Crippen LogP contribution in [0.3, 0.4) is 0 Å². The van der Waals surface area contributed by atoms with Crippen molar-refractivity contribution in [2.24, 2.45) is 0 Å². The van der Waals surface area contributed by atoms with Gasteiger partial charge in [0, 0.05) is 11.6 Å². The molecule has 0 spiro atoms. The Hall–Kier alpha value is -2.96. The van der Waals surface area contributed by atoms with Gasteiger partial charge in [0.15, 0.2) is 0 Å². The molecule has 24 heavy (non-hydrogen) atoms. The van der Waals surface area contributed by atoms with Gasteiger partial charge in [0.05, 0.1) is 5.69 Å². The lowest BCUT2D eigenvalue weighted by atomic mass is 10.1. The van der Waals surface area contributed by atoms with Crippen LogP contribution in [0, 0.1) is 0 Å². The first-order valence-electron chi connectivity index (χ1n) is 7.67. The zero-order valence-electron chi connectivity index (χ0n) is 13.3. The van der Waals surface area contributed by atoms with E-state index < -0.39 is 23.5 Å². The zero-order chi connectivity index (χ0) is 17.5. The number of hydrogen-bond donors (Lipinski definition) is 2. The van der Waals surface area contributed by atoms with Gasteiger partial charge in [0.25, 0.3) is 5.56 Å². The minimum absolute atomic E-state index is 0.326. The third-order valence-electron chi connectivity index (χ3n) is 3.44. The SMILES string of the molecule is CCCC(NC(=O)Cn1nc(-c2ccccc2)ccc1=O)C(=O)O. The van der Waals surface area contributed by atoms with Crippen LogP contribution in [0.25, 0.3) is 11.3 Å². The average Bonchev–Trinajstić information content (AvgIpc) is 2.57. The molecule has 0 radical (unpaired) electrons. The molecule has 0 aliphatic carbocycles. The van der Waals surface area contributed by atoms with Crippen LogP contribution in [0.2, 0.25) is 0 Å². The summed E-state index contributed by atoms with van der Waals surface area (Å²) in [5.74, 6) is -1.65. The van der Waals surface area contributed by atoms with Crippen LogP contribution in [-0.2, 0) is 16.1 Å². The molecule has 0 aliphatic rings. The molecule has 0 fully saturated rings. The predicted molar refractivity (Wildman–Crippen MR) is 88.4 cm³/mol. The lowest BCUT2D eigenvalue weighted by Crippen LogP contribution is -2.43. The van der Waals surface area contributed by atoms with Gasteiger partial charge in [0.2, 0.25) is 5.91 Å². The number of aromatic nitrogens is 2. The van der Waals surface area contributed by atoms with Crippen LogP contribution in [0.1, 0.15) is 19.8 Å². The Kier molecular flexibility index (Phi) is 5.83. The lowest BCUT2D eigenvalue weighted by Gasteiger charge is -2.14. The van der Waals surface area contributed by atoms with Gasteiger partial charge in [-0.1, -0.05) is 43.7 Å². The van der Waals surface area contributed by atoms with E-state index in [2.05, 4.69) is 10.4 Å². The summed E-state index contributed by atoms with van der Waals surface area (Å²) in [4.78, 5) is 35.0. The number of carboxylic acid groups (broad SMARTS) is 1. The first kappa shape index (κ1) is 17.4. The Morgan fingerprint density at radius 3 is 2.54 bits per heavy atom. The van der Waals surface area contributed by atoms with Gasteiger partial charge in [-0.2, -0.15) is 5.10 Å². The predicted octanol–water partition coefficient (Wildman–Crippen LogP) is 1.28. The van der Waals surface area contributed by atoms with E-state index in [9.17, 15) is 14.4 Å². The molecular formula is C17H19N3O4. The quantitative estimate of drug-likeness (QED) is 0.797. The van der Waals surface area contributed by atoms with Crippen molar-refractivity contribution in [2.45, 2.75) is 32.4 Å².